The highest BCUT2D eigenvalue weighted by atomic mass is 16.5. The van der Waals surface area contributed by atoms with E-state index in [1.54, 1.807) is 0 Å². The Bertz CT molecular complexity index is 130. The standard InChI is InChI=1S/C11H23NO/c1-9(2)8-10(12)5-6-11-4-3-7-13-11/h9-11H,3-8,12H2,1-2H3. The van der Waals surface area contributed by atoms with E-state index in [9.17, 15) is 0 Å². The van der Waals surface area contributed by atoms with E-state index < -0.39 is 0 Å². The average Bonchev–Trinajstić information content (AvgIpc) is 2.51. The quantitative estimate of drug-likeness (QED) is 0.713. The van der Waals surface area contributed by atoms with Crippen LogP contribution in [-0.4, -0.2) is 18.8 Å². The first kappa shape index (κ1) is 11.0. The number of hydrogen-bond donors (Lipinski definition) is 1. The summed E-state index contributed by atoms with van der Waals surface area (Å²) >= 11 is 0. The van der Waals surface area contributed by atoms with Gasteiger partial charge in [0.1, 0.15) is 0 Å². The van der Waals surface area contributed by atoms with Gasteiger partial charge in [-0.25, -0.2) is 0 Å². The minimum Gasteiger partial charge on any atom is -0.378 e. The van der Waals surface area contributed by atoms with Crippen LogP contribution in [0.3, 0.4) is 0 Å². The molecule has 0 aromatic rings. The lowest BCUT2D eigenvalue weighted by Gasteiger charge is -2.16. The molecule has 1 fully saturated rings. The summed E-state index contributed by atoms with van der Waals surface area (Å²) in [5, 5.41) is 0. The van der Waals surface area contributed by atoms with E-state index in [0.717, 1.165) is 31.8 Å². The Morgan fingerprint density at radius 2 is 2.23 bits per heavy atom. The van der Waals surface area contributed by atoms with E-state index in [1.165, 1.54) is 12.8 Å². The Kier molecular flexibility index (Phi) is 4.74. The van der Waals surface area contributed by atoms with Gasteiger partial charge in [0, 0.05) is 12.6 Å². The molecular weight excluding hydrogens is 162 g/mol. The van der Waals surface area contributed by atoms with E-state index in [1.807, 2.05) is 0 Å². The molecule has 2 unspecified atom stereocenters. The van der Waals surface area contributed by atoms with Gasteiger partial charge in [-0.1, -0.05) is 13.8 Å². The molecule has 78 valence electrons. The molecule has 0 amide bonds. The Hall–Kier alpha value is -0.0800. The molecule has 2 nitrogen and oxygen atoms in total. The van der Waals surface area contributed by atoms with Crippen LogP contribution in [0.1, 0.15) is 46.0 Å². The van der Waals surface area contributed by atoms with Crippen LogP contribution in [0.5, 0.6) is 0 Å². The highest BCUT2D eigenvalue weighted by Gasteiger charge is 2.16. The SMILES string of the molecule is CC(C)CC(N)CCC1CCCO1. The molecule has 0 spiro atoms. The molecule has 0 aromatic carbocycles. The van der Waals surface area contributed by atoms with Crippen LogP contribution in [-0.2, 0) is 4.74 Å². The molecule has 0 radical (unpaired) electrons. The minimum absolute atomic E-state index is 0.379. The second-order valence-electron chi connectivity index (χ2n) is 4.60. The molecule has 0 bridgehead atoms. The normalized spacial score (nSPS) is 25.4. The van der Waals surface area contributed by atoms with Crippen molar-refractivity contribution in [3.8, 4) is 0 Å². The van der Waals surface area contributed by atoms with Gasteiger partial charge in [0.2, 0.25) is 0 Å². The van der Waals surface area contributed by atoms with Crippen LogP contribution >= 0.6 is 0 Å². The lowest BCUT2D eigenvalue weighted by molar-refractivity contribution is 0.100. The third-order valence-corrected chi connectivity index (χ3v) is 2.66. The molecule has 1 aliphatic heterocycles. The number of ether oxygens (including phenoxy) is 1. The summed E-state index contributed by atoms with van der Waals surface area (Å²) < 4.78 is 5.55. The molecule has 2 N–H and O–H groups in total. The highest BCUT2D eigenvalue weighted by Crippen LogP contribution is 2.18. The van der Waals surface area contributed by atoms with Crippen LogP contribution in [0.2, 0.25) is 0 Å². The molecule has 1 rings (SSSR count). The highest BCUT2D eigenvalue weighted by molar-refractivity contribution is 4.70. The number of hydrogen-bond acceptors (Lipinski definition) is 2. The second-order valence-corrected chi connectivity index (χ2v) is 4.60. The summed E-state index contributed by atoms with van der Waals surface area (Å²) in [7, 11) is 0. The first-order valence-corrected chi connectivity index (χ1v) is 5.55. The number of nitrogens with two attached hydrogens (primary N) is 1. The van der Waals surface area contributed by atoms with Crippen molar-refractivity contribution in [3.05, 3.63) is 0 Å². The third kappa shape index (κ3) is 4.63. The summed E-state index contributed by atoms with van der Waals surface area (Å²) in [6.45, 7) is 5.42. The van der Waals surface area contributed by atoms with Gasteiger partial charge in [0.05, 0.1) is 6.10 Å². The molecule has 2 atom stereocenters. The van der Waals surface area contributed by atoms with Gasteiger partial charge in [0.25, 0.3) is 0 Å². The first-order valence-electron chi connectivity index (χ1n) is 5.55. The van der Waals surface area contributed by atoms with E-state index in [4.69, 9.17) is 10.5 Å². The predicted octanol–water partition coefficient (Wildman–Crippen LogP) is 2.32. The zero-order chi connectivity index (χ0) is 9.68. The monoisotopic (exact) mass is 185 g/mol. The Morgan fingerprint density at radius 1 is 1.46 bits per heavy atom. The van der Waals surface area contributed by atoms with Crippen LogP contribution in [0.15, 0.2) is 0 Å². The van der Waals surface area contributed by atoms with Gasteiger partial charge in [-0.05, 0) is 38.0 Å². The van der Waals surface area contributed by atoms with Crippen molar-refractivity contribution in [1.29, 1.82) is 0 Å². The zero-order valence-electron chi connectivity index (χ0n) is 8.96. The van der Waals surface area contributed by atoms with E-state index >= 15 is 0 Å². The molecule has 13 heavy (non-hydrogen) atoms. The fourth-order valence-corrected chi connectivity index (χ4v) is 2.00. The Balaban J connectivity index is 2.03. The summed E-state index contributed by atoms with van der Waals surface area (Å²) in [5.74, 6) is 0.722. The molecule has 0 saturated carbocycles. The largest absolute Gasteiger partial charge is 0.378 e. The van der Waals surface area contributed by atoms with E-state index in [0.29, 0.717) is 12.1 Å². The first-order chi connectivity index (χ1) is 6.18. The van der Waals surface area contributed by atoms with Crippen LogP contribution in [0, 0.1) is 5.92 Å². The van der Waals surface area contributed by atoms with Gasteiger partial charge in [0.15, 0.2) is 0 Å². The van der Waals surface area contributed by atoms with Gasteiger partial charge >= 0.3 is 0 Å². The molecule has 1 aliphatic rings. The van der Waals surface area contributed by atoms with Crippen molar-refractivity contribution >= 4 is 0 Å². The Morgan fingerprint density at radius 3 is 2.77 bits per heavy atom. The van der Waals surface area contributed by atoms with E-state index in [-0.39, 0.29) is 0 Å². The van der Waals surface area contributed by atoms with Gasteiger partial charge in [-0.2, -0.15) is 0 Å². The van der Waals surface area contributed by atoms with E-state index in [2.05, 4.69) is 13.8 Å². The van der Waals surface area contributed by atoms with Crippen molar-refractivity contribution in [2.45, 2.75) is 58.1 Å². The van der Waals surface area contributed by atoms with Crippen LogP contribution in [0.4, 0.5) is 0 Å². The van der Waals surface area contributed by atoms with Gasteiger partial charge in [-0.15, -0.1) is 0 Å². The van der Waals surface area contributed by atoms with Crippen molar-refractivity contribution in [2.24, 2.45) is 11.7 Å². The topological polar surface area (TPSA) is 35.2 Å². The lowest BCUT2D eigenvalue weighted by Crippen LogP contribution is -2.23. The smallest absolute Gasteiger partial charge is 0.0576 e. The summed E-state index contributed by atoms with van der Waals surface area (Å²) in [6, 6.07) is 0.379. The van der Waals surface area contributed by atoms with Gasteiger partial charge in [-0.3, -0.25) is 0 Å². The molecule has 1 heterocycles. The lowest BCUT2D eigenvalue weighted by atomic mass is 9.98. The predicted molar refractivity (Wildman–Crippen MR) is 55.6 cm³/mol. The maximum absolute atomic E-state index is 6.00. The summed E-state index contributed by atoms with van der Waals surface area (Å²) in [6.07, 6.45) is 6.43. The van der Waals surface area contributed by atoms with Crippen LogP contribution in [0.25, 0.3) is 0 Å². The molecular formula is C11H23NO. The maximum Gasteiger partial charge on any atom is 0.0576 e. The second kappa shape index (κ2) is 5.61. The van der Waals surface area contributed by atoms with Crippen molar-refractivity contribution in [2.75, 3.05) is 6.61 Å². The van der Waals surface area contributed by atoms with Crippen molar-refractivity contribution in [3.63, 3.8) is 0 Å². The fraction of sp³-hybridized carbons (Fsp3) is 1.00. The third-order valence-electron chi connectivity index (χ3n) is 2.66. The molecule has 1 saturated heterocycles. The molecule has 0 aromatic heterocycles. The van der Waals surface area contributed by atoms with Crippen molar-refractivity contribution < 1.29 is 4.74 Å². The summed E-state index contributed by atoms with van der Waals surface area (Å²) in [5.41, 5.74) is 6.00. The Labute approximate surface area is 81.8 Å². The minimum atomic E-state index is 0.379. The fourth-order valence-electron chi connectivity index (χ4n) is 2.00. The van der Waals surface area contributed by atoms with Crippen molar-refractivity contribution in [1.82, 2.24) is 0 Å². The zero-order valence-corrected chi connectivity index (χ0v) is 8.96. The maximum atomic E-state index is 6.00. The van der Waals surface area contributed by atoms with Crippen LogP contribution < -0.4 is 5.73 Å². The molecule has 0 aliphatic carbocycles. The van der Waals surface area contributed by atoms with Gasteiger partial charge < -0.3 is 10.5 Å². The summed E-state index contributed by atoms with van der Waals surface area (Å²) in [4.78, 5) is 0. The number of rotatable bonds is 5. The average molecular weight is 185 g/mol. The molecule has 2 heteroatoms.